The molecule has 142 valence electrons. The van der Waals surface area contributed by atoms with E-state index in [4.69, 9.17) is 5.11 Å². The SMILES string of the molecule is CN(CC(=O)N1CCCC(C(=O)O)C1)C(=O)CCCC1CCCCC1. The van der Waals surface area contributed by atoms with Gasteiger partial charge < -0.3 is 14.9 Å². The largest absolute Gasteiger partial charge is 0.481 e. The van der Waals surface area contributed by atoms with Crippen molar-refractivity contribution >= 4 is 17.8 Å². The molecule has 25 heavy (non-hydrogen) atoms. The van der Waals surface area contributed by atoms with Gasteiger partial charge in [-0.15, -0.1) is 0 Å². The van der Waals surface area contributed by atoms with Crippen LogP contribution in [0.3, 0.4) is 0 Å². The molecule has 2 rings (SSSR count). The maximum atomic E-state index is 12.3. The Labute approximate surface area is 150 Å². The lowest BCUT2D eigenvalue weighted by atomic mass is 9.86. The predicted molar refractivity (Wildman–Crippen MR) is 95.0 cm³/mol. The molecule has 1 saturated heterocycles. The molecule has 1 aliphatic carbocycles. The molecule has 1 unspecified atom stereocenters. The number of likely N-dealkylation sites (N-methyl/N-ethyl adjacent to an activating group) is 1. The van der Waals surface area contributed by atoms with Crippen LogP contribution in [-0.4, -0.2) is 59.4 Å². The van der Waals surface area contributed by atoms with Gasteiger partial charge in [-0.1, -0.05) is 32.1 Å². The van der Waals surface area contributed by atoms with E-state index in [1.807, 2.05) is 0 Å². The lowest BCUT2D eigenvalue weighted by Crippen LogP contribution is -2.46. The van der Waals surface area contributed by atoms with Crippen molar-refractivity contribution in [2.24, 2.45) is 11.8 Å². The Morgan fingerprint density at radius 2 is 1.80 bits per heavy atom. The number of carboxylic acid groups (broad SMARTS) is 1. The van der Waals surface area contributed by atoms with Gasteiger partial charge >= 0.3 is 5.97 Å². The van der Waals surface area contributed by atoms with E-state index in [1.165, 1.54) is 37.0 Å². The van der Waals surface area contributed by atoms with Gasteiger partial charge in [-0.2, -0.15) is 0 Å². The van der Waals surface area contributed by atoms with Gasteiger partial charge in [0.1, 0.15) is 0 Å². The standard InChI is InChI=1S/C19H32N2O4/c1-20(17(22)11-5-9-15-7-3-2-4-8-15)14-18(23)21-12-6-10-16(13-21)19(24)25/h15-16H,2-14H2,1H3,(H,24,25). The number of piperidine rings is 1. The second-order valence-electron chi connectivity index (χ2n) is 7.66. The quantitative estimate of drug-likeness (QED) is 0.764. The van der Waals surface area contributed by atoms with Gasteiger partial charge in [0.05, 0.1) is 12.5 Å². The lowest BCUT2D eigenvalue weighted by Gasteiger charge is -2.32. The van der Waals surface area contributed by atoms with Crippen LogP contribution < -0.4 is 0 Å². The molecule has 1 saturated carbocycles. The van der Waals surface area contributed by atoms with Crippen molar-refractivity contribution in [3.63, 3.8) is 0 Å². The van der Waals surface area contributed by atoms with Crippen LogP contribution in [0.15, 0.2) is 0 Å². The highest BCUT2D eigenvalue weighted by atomic mass is 16.4. The lowest BCUT2D eigenvalue weighted by molar-refractivity contribution is -0.147. The summed E-state index contributed by atoms with van der Waals surface area (Å²) in [5, 5.41) is 9.11. The molecule has 6 heteroatoms. The molecule has 2 aliphatic rings. The Hall–Kier alpha value is -1.59. The number of carbonyl (C=O) groups excluding carboxylic acids is 2. The Morgan fingerprint density at radius 3 is 2.48 bits per heavy atom. The van der Waals surface area contributed by atoms with E-state index in [2.05, 4.69) is 0 Å². The highest BCUT2D eigenvalue weighted by molar-refractivity contribution is 5.85. The molecule has 0 aromatic carbocycles. The van der Waals surface area contributed by atoms with E-state index in [0.29, 0.717) is 25.8 Å². The van der Waals surface area contributed by atoms with Crippen LogP contribution >= 0.6 is 0 Å². The number of hydrogen-bond donors (Lipinski definition) is 1. The summed E-state index contributed by atoms with van der Waals surface area (Å²) in [5.74, 6) is -0.682. The molecular weight excluding hydrogens is 320 g/mol. The first-order chi connectivity index (χ1) is 12.0. The summed E-state index contributed by atoms with van der Waals surface area (Å²) in [7, 11) is 1.67. The Balaban J connectivity index is 1.68. The molecule has 0 radical (unpaired) electrons. The third-order valence-electron chi connectivity index (χ3n) is 5.65. The Kier molecular flexibility index (Phi) is 7.72. The summed E-state index contributed by atoms with van der Waals surface area (Å²) in [6.07, 6.45) is 10.4. The fourth-order valence-corrected chi connectivity index (χ4v) is 4.00. The van der Waals surface area contributed by atoms with Crippen LogP contribution in [0, 0.1) is 11.8 Å². The van der Waals surface area contributed by atoms with Crippen LogP contribution in [-0.2, 0) is 14.4 Å². The number of carboxylic acids is 1. The van der Waals surface area contributed by atoms with Crippen molar-refractivity contribution in [3.05, 3.63) is 0 Å². The fourth-order valence-electron chi connectivity index (χ4n) is 4.00. The zero-order valence-electron chi connectivity index (χ0n) is 15.4. The molecular formula is C19H32N2O4. The molecule has 1 N–H and O–H groups in total. The number of rotatable bonds is 7. The van der Waals surface area contributed by atoms with Gasteiger partial charge in [-0.05, 0) is 31.6 Å². The number of carbonyl (C=O) groups is 3. The van der Waals surface area contributed by atoms with Gasteiger partial charge in [0.15, 0.2) is 0 Å². The first kappa shape index (κ1) is 19.7. The minimum Gasteiger partial charge on any atom is -0.481 e. The van der Waals surface area contributed by atoms with Crippen molar-refractivity contribution in [1.29, 1.82) is 0 Å². The number of hydrogen-bond acceptors (Lipinski definition) is 3. The van der Waals surface area contributed by atoms with Crippen LogP contribution in [0.4, 0.5) is 0 Å². The summed E-state index contributed by atoms with van der Waals surface area (Å²) in [4.78, 5) is 38.8. The van der Waals surface area contributed by atoms with Crippen molar-refractivity contribution < 1.29 is 19.5 Å². The number of amides is 2. The first-order valence-electron chi connectivity index (χ1n) is 9.72. The summed E-state index contributed by atoms with van der Waals surface area (Å²) in [6.45, 7) is 0.902. The Morgan fingerprint density at radius 1 is 1.08 bits per heavy atom. The van der Waals surface area contributed by atoms with Crippen LogP contribution in [0.2, 0.25) is 0 Å². The van der Waals surface area contributed by atoms with E-state index in [0.717, 1.165) is 18.8 Å². The zero-order chi connectivity index (χ0) is 18.2. The predicted octanol–water partition coefficient (Wildman–Crippen LogP) is 2.52. The molecule has 1 atom stereocenters. The maximum Gasteiger partial charge on any atom is 0.308 e. The van der Waals surface area contributed by atoms with Crippen LogP contribution in [0.25, 0.3) is 0 Å². The van der Waals surface area contributed by atoms with Gasteiger partial charge in [0.2, 0.25) is 11.8 Å². The van der Waals surface area contributed by atoms with E-state index >= 15 is 0 Å². The van der Waals surface area contributed by atoms with Crippen molar-refractivity contribution in [3.8, 4) is 0 Å². The van der Waals surface area contributed by atoms with Gasteiger partial charge in [-0.3, -0.25) is 14.4 Å². The third-order valence-corrected chi connectivity index (χ3v) is 5.65. The average molecular weight is 352 g/mol. The van der Waals surface area contributed by atoms with Gasteiger partial charge in [-0.25, -0.2) is 0 Å². The van der Waals surface area contributed by atoms with Crippen molar-refractivity contribution in [2.75, 3.05) is 26.7 Å². The first-order valence-corrected chi connectivity index (χ1v) is 9.72. The minimum absolute atomic E-state index is 0.0101. The molecule has 2 amide bonds. The maximum absolute atomic E-state index is 12.3. The molecule has 1 heterocycles. The highest BCUT2D eigenvalue weighted by Crippen LogP contribution is 2.27. The summed E-state index contributed by atoms with van der Waals surface area (Å²) in [6, 6.07) is 0. The molecule has 2 fully saturated rings. The minimum atomic E-state index is -0.843. The van der Waals surface area contributed by atoms with Crippen LogP contribution in [0.1, 0.15) is 64.2 Å². The molecule has 0 aromatic rings. The third kappa shape index (κ3) is 6.33. The van der Waals surface area contributed by atoms with E-state index in [-0.39, 0.29) is 24.9 Å². The highest BCUT2D eigenvalue weighted by Gasteiger charge is 2.28. The molecule has 0 bridgehead atoms. The normalized spacial score (nSPS) is 21.8. The molecule has 0 aromatic heterocycles. The van der Waals surface area contributed by atoms with Gasteiger partial charge in [0.25, 0.3) is 0 Å². The Bertz CT molecular complexity index is 474. The van der Waals surface area contributed by atoms with E-state index < -0.39 is 11.9 Å². The second-order valence-corrected chi connectivity index (χ2v) is 7.66. The van der Waals surface area contributed by atoms with Crippen LogP contribution in [0.5, 0.6) is 0 Å². The smallest absolute Gasteiger partial charge is 0.308 e. The number of likely N-dealkylation sites (tertiary alicyclic amines) is 1. The van der Waals surface area contributed by atoms with Crippen molar-refractivity contribution in [2.45, 2.75) is 64.2 Å². The number of aliphatic carboxylic acids is 1. The van der Waals surface area contributed by atoms with E-state index in [9.17, 15) is 14.4 Å². The zero-order valence-corrected chi connectivity index (χ0v) is 15.4. The van der Waals surface area contributed by atoms with E-state index in [1.54, 1.807) is 11.9 Å². The van der Waals surface area contributed by atoms with Gasteiger partial charge in [0, 0.05) is 26.6 Å². The second kappa shape index (κ2) is 9.78. The molecule has 1 aliphatic heterocycles. The fraction of sp³-hybridized carbons (Fsp3) is 0.842. The topological polar surface area (TPSA) is 77.9 Å². The molecule has 0 spiro atoms. The molecule has 6 nitrogen and oxygen atoms in total. The monoisotopic (exact) mass is 352 g/mol. The van der Waals surface area contributed by atoms with Crippen molar-refractivity contribution in [1.82, 2.24) is 9.80 Å². The number of nitrogens with zero attached hydrogens (tertiary/aromatic N) is 2. The summed E-state index contributed by atoms with van der Waals surface area (Å²) < 4.78 is 0. The summed E-state index contributed by atoms with van der Waals surface area (Å²) >= 11 is 0. The summed E-state index contributed by atoms with van der Waals surface area (Å²) in [5.41, 5.74) is 0. The average Bonchev–Trinajstić information content (AvgIpc) is 2.62.